The van der Waals surface area contributed by atoms with E-state index in [0.29, 0.717) is 17.3 Å². The van der Waals surface area contributed by atoms with Gasteiger partial charge < -0.3 is 0 Å². The van der Waals surface area contributed by atoms with E-state index >= 15 is 0 Å². The van der Waals surface area contributed by atoms with Crippen LogP contribution in [0.2, 0.25) is 0 Å². The molecule has 0 unspecified atom stereocenters. The molecule has 1 saturated heterocycles. The summed E-state index contributed by atoms with van der Waals surface area (Å²) in [6.45, 7) is 0.488. The lowest BCUT2D eigenvalue weighted by molar-refractivity contribution is 0.381. The van der Waals surface area contributed by atoms with Crippen LogP contribution in [0.25, 0.3) is 16.4 Å². The summed E-state index contributed by atoms with van der Waals surface area (Å²) in [7, 11) is -3.62. The zero-order valence-corrected chi connectivity index (χ0v) is 15.4. The Morgan fingerprint density at radius 1 is 0.926 bits per heavy atom. The average molecular weight is 378 g/mol. The number of benzene rings is 2. The summed E-state index contributed by atoms with van der Waals surface area (Å²) in [5.74, 6) is 0.674. The van der Waals surface area contributed by atoms with Gasteiger partial charge in [-0.25, -0.2) is 8.42 Å². The van der Waals surface area contributed by atoms with Crippen molar-refractivity contribution in [2.45, 2.75) is 23.8 Å². The van der Waals surface area contributed by atoms with E-state index in [9.17, 15) is 8.42 Å². The minimum atomic E-state index is -3.62. The van der Waals surface area contributed by atoms with Crippen molar-refractivity contribution in [3.8, 4) is 0 Å². The van der Waals surface area contributed by atoms with Crippen molar-refractivity contribution in [3.63, 3.8) is 0 Å². The first-order valence-electron chi connectivity index (χ1n) is 8.95. The highest BCUT2D eigenvalue weighted by atomic mass is 32.2. The van der Waals surface area contributed by atoms with Gasteiger partial charge in [0.1, 0.15) is 0 Å². The third kappa shape index (κ3) is 2.62. The molecule has 3 heterocycles. The Bertz CT molecular complexity index is 1250. The van der Waals surface area contributed by atoms with Crippen molar-refractivity contribution < 1.29 is 8.42 Å². The van der Waals surface area contributed by atoms with Crippen LogP contribution in [0.3, 0.4) is 0 Å². The Morgan fingerprint density at radius 2 is 1.74 bits per heavy atom. The highest BCUT2D eigenvalue weighted by molar-refractivity contribution is 7.89. The molecule has 7 heteroatoms. The predicted molar refractivity (Wildman–Crippen MR) is 103 cm³/mol. The smallest absolute Gasteiger partial charge is 0.243 e. The highest BCUT2D eigenvalue weighted by Gasteiger charge is 2.38. The first-order valence-corrected chi connectivity index (χ1v) is 10.4. The van der Waals surface area contributed by atoms with Gasteiger partial charge in [-0.2, -0.15) is 4.31 Å². The van der Waals surface area contributed by atoms with Crippen LogP contribution >= 0.6 is 0 Å². The quantitative estimate of drug-likeness (QED) is 0.548. The minimum Gasteiger partial charge on any atom is -0.285 e. The van der Waals surface area contributed by atoms with Crippen LogP contribution in [-0.2, 0) is 10.0 Å². The average Bonchev–Trinajstić information content (AvgIpc) is 3.34. The summed E-state index contributed by atoms with van der Waals surface area (Å²) in [4.78, 5) is 0.321. The van der Waals surface area contributed by atoms with Crippen LogP contribution in [0, 0.1) is 0 Å². The third-order valence-corrected chi connectivity index (χ3v) is 7.07. The van der Waals surface area contributed by atoms with Gasteiger partial charge in [-0.1, -0.05) is 36.4 Å². The Kier molecular flexibility index (Phi) is 3.73. The van der Waals surface area contributed by atoms with Gasteiger partial charge >= 0.3 is 0 Å². The summed E-state index contributed by atoms with van der Waals surface area (Å²) in [6.07, 6.45) is 3.42. The standard InChI is InChI=1S/C20H18N4O2S/c25-27(26,17-11-10-15-6-1-2-7-16(15)14-17)24-13-5-8-18(24)20-22-21-19-9-3-4-12-23(19)20/h1-4,6-7,9-12,14,18H,5,8,13H2/t18-/m1/s1. The third-order valence-electron chi connectivity index (χ3n) is 5.17. The Hall–Kier alpha value is -2.77. The SMILES string of the molecule is O=S(=O)(c1ccc2ccccc2c1)N1CCC[C@@H]1c1nnc2ccccn12. The fourth-order valence-electron chi connectivity index (χ4n) is 3.84. The Balaban J connectivity index is 1.58. The molecule has 1 aliphatic heterocycles. The molecule has 5 rings (SSSR count). The summed E-state index contributed by atoms with van der Waals surface area (Å²) >= 11 is 0. The van der Waals surface area contributed by atoms with Crippen molar-refractivity contribution in [1.29, 1.82) is 0 Å². The van der Waals surface area contributed by atoms with Crippen LogP contribution in [0.4, 0.5) is 0 Å². The van der Waals surface area contributed by atoms with Crippen molar-refractivity contribution in [2.24, 2.45) is 0 Å². The van der Waals surface area contributed by atoms with Gasteiger partial charge in [0.15, 0.2) is 11.5 Å². The van der Waals surface area contributed by atoms with Crippen LogP contribution in [0.1, 0.15) is 24.7 Å². The van der Waals surface area contributed by atoms with Crippen molar-refractivity contribution >= 4 is 26.4 Å². The number of hydrogen-bond donors (Lipinski definition) is 0. The van der Waals surface area contributed by atoms with Crippen molar-refractivity contribution in [3.05, 3.63) is 72.7 Å². The van der Waals surface area contributed by atoms with Crippen molar-refractivity contribution in [2.75, 3.05) is 6.54 Å². The van der Waals surface area contributed by atoms with E-state index in [1.54, 1.807) is 16.4 Å². The molecule has 2 aromatic carbocycles. The van der Waals surface area contributed by atoms with Gasteiger partial charge in [-0.05, 0) is 47.9 Å². The molecule has 1 atom stereocenters. The van der Waals surface area contributed by atoms with Gasteiger partial charge in [0.25, 0.3) is 0 Å². The zero-order valence-electron chi connectivity index (χ0n) is 14.6. The van der Waals surface area contributed by atoms with E-state index in [-0.39, 0.29) is 6.04 Å². The Morgan fingerprint density at radius 3 is 2.63 bits per heavy atom. The monoisotopic (exact) mass is 378 g/mol. The molecular formula is C20H18N4O2S. The van der Waals surface area contributed by atoms with Gasteiger partial charge in [0.05, 0.1) is 10.9 Å². The second kappa shape index (κ2) is 6.14. The van der Waals surface area contributed by atoms with Gasteiger partial charge in [-0.15, -0.1) is 10.2 Å². The minimum absolute atomic E-state index is 0.307. The van der Waals surface area contributed by atoms with Crippen LogP contribution in [-0.4, -0.2) is 33.9 Å². The number of nitrogens with zero attached hydrogens (tertiary/aromatic N) is 4. The van der Waals surface area contributed by atoms with E-state index in [2.05, 4.69) is 10.2 Å². The molecule has 1 fully saturated rings. The molecule has 2 aromatic heterocycles. The second-order valence-corrected chi connectivity index (χ2v) is 8.66. The number of fused-ring (bicyclic) bond motifs is 2. The lowest BCUT2D eigenvalue weighted by Gasteiger charge is -2.23. The van der Waals surface area contributed by atoms with E-state index in [4.69, 9.17) is 0 Å². The first kappa shape index (κ1) is 16.4. The molecule has 27 heavy (non-hydrogen) atoms. The molecule has 0 spiro atoms. The largest absolute Gasteiger partial charge is 0.285 e. The summed E-state index contributed by atoms with van der Waals surface area (Å²) in [6, 6.07) is 18.4. The molecule has 0 radical (unpaired) electrons. The van der Waals surface area contributed by atoms with Gasteiger partial charge in [-0.3, -0.25) is 4.40 Å². The zero-order chi connectivity index (χ0) is 18.4. The van der Waals surface area contributed by atoms with Crippen LogP contribution in [0.15, 0.2) is 71.8 Å². The number of hydrogen-bond acceptors (Lipinski definition) is 4. The number of sulfonamides is 1. The molecule has 0 bridgehead atoms. The van der Waals surface area contributed by atoms with E-state index in [1.165, 1.54) is 0 Å². The van der Waals surface area contributed by atoms with Crippen LogP contribution < -0.4 is 0 Å². The summed E-state index contributed by atoms with van der Waals surface area (Å²) in [5.41, 5.74) is 0.724. The lowest BCUT2D eigenvalue weighted by atomic mass is 10.1. The summed E-state index contributed by atoms with van der Waals surface area (Å²) in [5, 5.41) is 10.4. The number of pyridine rings is 1. The second-order valence-electron chi connectivity index (χ2n) is 6.77. The number of aromatic nitrogens is 3. The van der Waals surface area contributed by atoms with Crippen LogP contribution in [0.5, 0.6) is 0 Å². The molecular weight excluding hydrogens is 360 g/mol. The molecule has 136 valence electrons. The fourth-order valence-corrected chi connectivity index (χ4v) is 5.53. The van der Waals surface area contributed by atoms with Gasteiger partial charge in [0, 0.05) is 12.7 Å². The first-order chi connectivity index (χ1) is 13.1. The molecule has 0 N–H and O–H groups in total. The molecule has 6 nitrogen and oxygen atoms in total. The molecule has 0 saturated carbocycles. The Labute approximate surface area is 157 Å². The van der Waals surface area contributed by atoms with E-state index in [1.807, 2.05) is 59.1 Å². The lowest BCUT2D eigenvalue weighted by Crippen LogP contribution is -2.31. The van der Waals surface area contributed by atoms with E-state index < -0.39 is 10.0 Å². The maximum atomic E-state index is 13.4. The maximum absolute atomic E-state index is 13.4. The predicted octanol–water partition coefficient (Wildman–Crippen LogP) is 3.41. The fraction of sp³-hybridized carbons (Fsp3) is 0.200. The van der Waals surface area contributed by atoms with E-state index in [0.717, 1.165) is 29.3 Å². The van der Waals surface area contributed by atoms with Gasteiger partial charge in [0.2, 0.25) is 10.0 Å². The molecule has 0 amide bonds. The number of rotatable bonds is 3. The molecule has 0 aliphatic carbocycles. The molecule has 1 aliphatic rings. The summed E-state index contributed by atoms with van der Waals surface area (Å²) < 4.78 is 30.2. The topological polar surface area (TPSA) is 67.6 Å². The highest BCUT2D eigenvalue weighted by Crippen LogP contribution is 2.36. The normalized spacial score (nSPS) is 18.4. The molecule has 4 aromatic rings. The maximum Gasteiger partial charge on any atom is 0.243 e. The van der Waals surface area contributed by atoms with Crippen molar-refractivity contribution in [1.82, 2.24) is 18.9 Å².